The zero-order valence-electron chi connectivity index (χ0n) is 8.26. The Kier molecular flexibility index (Phi) is 6.34. The molecule has 0 radical (unpaired) electrons. The average Bonchev–Trinajstić information content (AvgIpc) is 2.01. The Balaban J connectivity index is 3.84. The summed E-state index contributed by atoms with van der Waals surface area (Å²) in [6.07, 6.45) is -1.03. The Labute approximate surface area is 94.0 Å². The fourth-order valence-corrected chi connectivity index (χ4v) is 1.19. The van der Waals surface area contributed by atoms with Gasteiger partial charge in [-0.15, -0.1) is 0 Å². The maximum atomic E-state index is 10.5. The van der Waals surface area contributed by atoms with Crippen molar-refractivity contribution in [2.75, 3.05) is 26.8 Å². The smallest absolute Gasteiger partial charge is 0.335 e. The second-order valence-electron chi connectivity index (χ2n) is 2.94. The predicted molar refractivity (Wildman–Crippen MR) is 56.0 cm³/mol. The fraction of sp³-hybridized carbons (Fsp3) is 0.714. The molecule has 0 saturated carbocycles. The summed E-state index contributed by atoms with van der Waals surface area (Å²) in [6, 6.07) is 0. The van der Waals surface area contributed by atoms with Gasteiger partial charge in [0.25, 0.3) is 0 Å². The standard InChI is InChI=1S/C7H14ClNO5S/c1-6(8)4-14-5-7(10)3-9(2)15(11,12)13/h7,10H,1,3-5H2,2H3,(H,11,12,13). The van der Waals surface area contributed by atoms with E-state index < -0.39 is 16.4 Å². The highest BCUT2D eigenvalue weighted by Gasteiger charge is 2.17. The lowest BCUT2D eigenvalue weighted by atomic mass is 10.4. The van der Waals surface area contributed by atoms with Crippen LogP contribution in [0.4, 0.5) is 0 Å². The summed E-state index contributed by atoms with van der Waals surface area (Å²) in [5.41, 5.74) is 0. The molecule has 0 aliphatic rings. The van der Waals surface area contributed by atoms with Crippen LogP contribution in [0.25, 0.3) is 0 Å². The van der Waals surface area contributed by atoms with Gasteiger partial charge in [0.05, 0.1) is 19.3 Å². The van der Waals surface area contributed by atoms with Gasteiger partial charge in [-0.2, -0.15) is 12.7 Å². The molecular formula is C7H14ClNO5S. The van der Waals surface area contributed by atoms with Crippen LogP contribution in [0.15, 0.2) is 11.6 Å². The molecule has 1 atom stereocenters. The number of aliphatic hydroxyl groups excluding tert-OH is 1. The van der Waals surface area contributed by atoms with E-state index in [1.54, 1.807) is 0 Å². The van der Waals surface area contributed by atoms with Crippen molar-refractivity contribution < 1.29 is 22.8 Å². The quantitative estimate of drug-likeness (QED) is 0.621. The minimum absolute atomic E-state index is 0.0776. The van der Waals surface area contributed by atoms with Crippen LogP contribution in [0.1, 0.15) is 0 Å². The average molecular weight is 260 g/mol. The Morgan fingerprint density at radius 3 is 2.60 bits per heavy atom. The molecule has 0 amide bonds. The van der Waals surface area contributed by atoms with Gasteiger partial charge in [0, 0.05) is 18.6 Å². The molecule has 8 heteroatoms. The number of likely N-dealkylation sites (N-methyl/N-ethyl adjacent to an activating group) is 1. The van der Waals surface area contributed by atoms with Gasteiger partial charge < -0.3 is 9.84 Å². The first-order valence-corrected chi connectivity index (χ1v) is 5.78. The highest BCUT2D eigenvalue weighted by Crippen LogP contribution is 1.99. The number of rotatable bonds is 7. The maximum absolute atomic E-state index is 10.5. The van der Waals surface area contributed by atoms with E-state index in [9.17, 15) is 13.5 Å². The van der Waals surface area contributed by atoms with E-state index in [-0.39, 0.29) is 24.8 Å². The predicted octanol–water partition coefficient (Wildman–Crippen LogP) is -0.149. The molecule has 0 aliphatic heterocycles. The fourth-order valence-electron chi connectivity index (χ4n) is 0.749. The monoisotopic (exact) mass is 259 g/mol. The number of nitrogens with zero attached hydrogens (tertiary/aromatic N) is 1. The molecule has 0 spiro atoms. The van der Waals surface area contributed by atoms with Crippen LogP contribution in [-0.4, -0.2) is 55.3 Å². The Morgan fingerprint density at radius 1 is 1.67 bits per heavy atom. The minimum Gasteiger partial charge on any atom is -0.389 e. The largest absolute Gasteiger partial charge is 0.389 e. The first-order chi connectivity index (χ1) is 6.73. The number of hydrogen-bond acceptors (Lipinski definition) is 4. The number of halogens is 1. The molecule has 0 bridgehead atoms. The molecule has 0 aliphatic carbocycles. The van der Waals surface area contributed by atoms with Crippen LogP contribution >= 0.6 is 11.6 Å². The summed E-state index contributed by atoms with van der Waals surface area (Å²) in [6.45, 7) is 3.09. The minimum atomic E-state index is -4.27. The molecule has 0 saturated heterocycles. The molecule has 90 valence electrons. The molecule has 15 heavy (non-hydrogen) atoms. The van der Waals surface area contributed by atoms with Crippen LogP contribution < -0.4 is 0 Å². The van der Waals surface area contributed by atoms with Crippen molar-refractivity contribution in [1.82, 2.24) is 4.31 Å². The lowest BCUT2D eigenvalue weighted by Gasteiger charge is -2.17. The Bertz CT molecular complexity index is 305. The third kappa shape index (κ3) is 7.71. The second-order valence-corrected chi connectivity index (χ2v) is 5.00. The SMILES string of the molecule is C=C(Cl)COCC(O)CN(C)S(=O)(=O)O. The van der Waals surface area contributed by atoms with E-state index in [1.807, 2.05) is 0 Å². The van der Waals surface area contributed by atoms with E-state index in [4.69, 9.17) is 20.9 Å². The van der Waals surface area contributed by atoms with Gasteiger partial charge >= 0.3 is 10.3 Å². The molecule has 1 unspecified atom stereocenters. The van der Waals surface area contributed by atoms with Gasteiger partial charge in [0.2, 0.25) is 0 Å². The summed E-state index contributed by atoms with van der Waals surface area (Å²) in [4.78, 5) is 0. The van der Waals surface area contributed by atoms with Gasteiger partial charge in [0.15, 0.2) is 0 Å². The first-order valence-electron chi connectivity index (χ1n) is 4.01. The molecule has 0 fully saturated rings. The number of aliphatic hydroxyl groups is 1. The zero-order chi connectivity index (χ0) is 12.1. The molecular weight excluding hydrogens is 246 g/mol. The second kappa shape index (κ2) is 6.41. The Morgan fingerprint density at radius 2 is 2.20 bits per heavy atom. The van der Waals surface area contributed by atoms with Crippen molar-refractivity contribution in [3.8, 4) is 0 Å². The van der Waals surface area contributed by atoms with Gasteiger partial charge in [-0.05, 0) is 0 Å². The van der Waals surface area contributed by atoms with E-state index in [2.05, 4.69) is 6.58 Å². The van der Waals surface area contributed by atoms with E-state index in [0.29, 0.717) is 4.31 Å². The lowest BCUT2D eigenvalue weighted by Crippen LogP contribution is -2.36. The molecule has 0 heterocycles. The Hall–Kier alpha value is -0.180. The normalized spacial score (nSPS) is 14.2. The summed E-state index contributed by atoms with van der Waals surface area (Å²) >= 11 is 5.39. The number of ether oxygens (including phenoxy) is 1. The van der Waals surface area contributed by atoms with E-state index in [1.165, 1.54) is 0 Å². The van der Waals surface area contributed by atoms with Crippen molar-refractivity contribution in [3.05, 3.63) is 11.6 Å². The van der Waals surface area contributed by atoms with Crippen LogP contribution in [0.5, 0.6) is 0 Å². The topological polar surface area (TPSA) is 87.1 Å². The van der Waals surface area contributed by atoms with Gasteiger partial charge in [-0.1, -0.05) is 18.2 Å². The third-order valence-corrected chi connectivity index (χ3v) is 2.48. The first kappa shape index (κ1) is 14.8. The molecule has 0 aromatic carbocycles. The summed E-state index contributed by atoms with van der Waals surface area (Å²) in [7, 11) is -3.13. The van der Waals surface area contributed by atoms with Crippen molar-refractivity contribution in [2.45, 2.75) is 6.10 Å². The molecule has 6 nitrogen and oxygen atoms in total. The molecule has 0 rings (SSSR count). The highest BCUT2D eigenvalue weighted by atomic mass is 35.5. The van der Waals surface area contributed by atoms with Crippen molar-refractivity contribution >= 4 is 21.9 Å². The molecule has 0 aromatic rings. The summed E-state index contributed by atoms with van der Waals surface area (Å²) < 4.78 is 35.1. The molecule has 0 aromatic heterocycles. The van der Waals surface area contributed by atoms with E-state index >= 15 is 0 Å². The van der Waals surface area contributed by atoms with Gasteiger partial charge in [0.1, 0.15) is 0 Å². The summed E-state index contributed by atoms with van der Waals surface area (Å²) in [5.74, 6) is 0. The van der Waals surface area contributed by atoms with Crippen LogP contribution in [0, 0.1) is 0 Å². The van der Waals surface area contributed by atoms with Crippen LogP contribution in [-0.2, 0) is 15.0 Å². The van der Waals surface area contributed by atoms with E-state index in [0.717, 1.165) is 7.05 Å². The zero-order valence-corrected chi connectivity index (χ0v) is 9.83. The number of hydrogen-bond donors (Lipinski definition) is 2. The van der Waals surface area contributed by atoms with Crippen molar-refractivity contribution in [2.24, 2.45) is 0 Å². The molecule has 2 N–H and O–H groups in total. The maximum Gasteiger partial charge on any atom is 0.335 e. The van der Waals surface area contributed by atoms with Gasteiger partial charge in [-0.25, -0.2) is 0 Å². The third-order valence-electron chi connectivity index (χ3n) is 1.43. The summed E-state index contributed by atoms with van der Waals surface area (Å²) in [5, 5.41) is 9.56. The van der Waals surface area contributed by atoms with Crippen LogP contribution in [0.3, 0.4) is 0 Å². The van der Waals surface area contributed by atoms with Gasteiger partial charge in [-0.3, -0.25) is 4.55 Å². The lowest BCUT2D eigenvalue weighted by molar-refractivity contribution is 0.0397. The highest BCUT2D eigenvalue weighted by molar-refractivity contribution is 7.83. The van der Waals surface area contributed by atoms with Crippen LogP contribution in [0.2, 0.25) is 0 Å². The van der Waals surface area contributed by atoms with Crippen molar-refractivity contribution in [1.29, 1.82) is 0 Å². The van der Waals surface area contributed by atoms with Crippen molar-refractivity contribution in [3.63, 3.8) is 0 Å².